The van der Waals surface area contributed by atoms with Gasteiger partial charge in [0.1, 0.15) is 14.7 Å². The molecule has 3 heterocycles. The van der Waals surface area contributed by atoms with Crippen LogP contribution in [0.3, 0.4) is 0 Å². The molecule has 0 bridgehead atoms. The second kappa shape index (κ2) is 23.3. The van der Waals surface area contributed by atoms with Crippen LogP contribution in [0, 0.1) is 13.8 Å². The Bertz CT molecular complexity index is 2230. The van der Waals surface area contributed by atoms with Crippen molar-refractivity contribution in [3.63, 3.8) is 0 Å². The third-order valence-electron chi connectivity index (χ3n) is 16.4. The van der Waals surface area contributed by atoms with E-state index in [0.717, 1.165) is 84.6 Å². The van der Waals surface area contributed by atoms with Gasteiger partial charge in [-0.1, -0.05) is 44.2 Å². The van der Waals surface area contributed by atoms with E-state index in [-0.39, 0.29) is 0 Å². The largest absolute Gasteiger partial charge is 0.704 e. The third-order valence-corrected chi connectivity index (χ3v) is 34.0. The van der Waals surface area contributed by atoms with Gasteiger partial charge in [0.05, 0.1) is 11.1 Å². The highest BCUT2D eigenvalue weighted by Gasteiger charge is 2.76. The molecule has 0 aromatic heterocycles. The lowest BCUT2D eigenvalue weighted by atomic mass is 9.90. The van der Waals surface area contributed by atoms with Crippen LogP contribution in [0.2, 0.25) is 0 Å². The summed E-state index contributed by atoms with van der Waals surface area (Å²) in [5, 5.41) is 0. The first-order valence-electron chi connectivity index (χ1n) is 26.8. The molecule has 73 heavy (non-hydrogen) atoms. The number of rotatable bonds is 22. The summed E-state index contributed by atoms with van der Waals surface area (Å²) < 4.78 is 55.4. The van der Waals surface area contributed by atoms with Crippen LogP contribution in [0.15, 0.2) is 33.3 Å². The standard InChI is InChI=1S/C53H102N14O2P4/c1-41(29-27-33-70(56(5)6,57(7)8)54-72(60(13)14,61(15)16)62(17)18)45-35-43(3)51-47(37-45)39-66-49-31-25-26-32-50(49)67-40-48-38-46(36-44(4)52(48)69-53(66,67)68-51)42(2)30-28-34-71(58(9)10,59(11)12)55-73(63(19)20,64(21)22)65(23)24/h35-42,49-50H,25-34H2,1-24H3/q+4. The van der Waals surface area contributed by atoms with Crippen molar-refractivity contribution < 1.29 is 18.6 Å². The lowest BCUT2D eigenvalue weighted by Gasteiger charge is -2.41. The van der Waals surface area contributed by atoms with E-state index in [0.29, 0.717) is 23.9 Å². The van der Waals surface area contributed by atoms with Crippen LogP contribution in [0.5, 0.6) is 11.5 Å². The molecular formula is C53H102N14O2P4+4. The molecular weight excluding hydrogens is 989 g/mol. The van der Waals surface area contributed by atoms with Gasteiger partial charge in [-0.3, -0.25) is 18.7 Å². The molecule has 1 spiro atoms. The quantitative estimate of drug-likeness (QED) is 0.0832. The molecule has 4 unspecified atom stereocenters. The van der Waals surface area contributed by atoms with Crippen molar-refractivity contribution in [1.82, 2.24) is 46.7 Å². The van der Waals surface area contributed by atoms with E-state index >= 15 is 0 Å². The Morgan fingerprint density at radius 1 is 0.521 bits per heavy atom. The predicted octanol–water partition coefficient (Wildman–Crippen LogP) is 10.4. The Balaban J connectivity index is 1.28. The Morgan fingerprint density at radius 3 is 1.10 bits per heavy atom. The molecule has 0 N–H and O–H groups in total. The Labute approximate surface area is 446 Å². The van der Waals surface area contributed by atoms with Crippen LogP contribution in [0.1, 0.15) is 110 Å². The summed E-state index contributed by atoms with van der Waals surface area (Å²) in [5.74, 6) is 2.60. The fourth-order valence-corrected chi connectivity index (χ4v) is 31.4. The molecule has 4 atom stereocenters. The maximum Gasteiger partial charge on any atom is 0.704 e. The zero-order chi connectivity index (χ0) is 54.5. The first kappa shape index (κ1) is 60.5. The molecule has 412 valence electrons. The van der Waals surface area contributed by atoms with Crippen LogP contribution in [-0.2, 0) is 0 Å². The van der Waals surface area contributed by atoms with Crippen molar-refractivity contribution >= 4 is 42.9 Å². The minimum Gasteiger partial charge on any atom is -0.340 e. The zero-order valence-corrected chi connectivity index (χ0v) is 53.8. The third kappa shape index (κ3) is 10.9. The lowest BCUT2D eigenvalue weighted by Crippen LogP contribution is -2.60. The summed E-state index contributed by atoms with van der Waals surface area (Å²) in [6.45, 7) is 9.26. The molecule has 0 amide bonds. The van der Waals surface area contributed by atoms with Gasteiger partial charge < -0.3 is 9.47 Å². The molecule has 20 heteroatoms. The molecule has 4 aliphatic rings. The van der Waals surface area contributed by atoms with Crippen LogP contribution >= 0.6 is 30.4 Å². The van der Waals surface area contributed by atoms with Crippen LogP contribution in [-0.4, -0.2) is 240 Å². The van der Waals surface area contributed by atoms with E-state index < -0.39 is 36.5 Å². The van der Waals surface area contributed by atoms with Gasteiger partial charge in [0.2, 0.25) is 12.1 Å². The van der Waals surface area contributed by atoms with Gasteiger partial charge in [-0.05, 0) is 155 Å². The number of nitrogens with zero attached hydrogens (tertiary/aromatic N) is 14. The second-order valence-corrected chi connectivity index (χ2v) is 38.6. The highest BCUT2D eigenvalue weighted by atomic mass is 31.2. The van der Waals surface area contributed by atoms with Crippen molar-refractivity contribution in [2.75, 3.05) is 153 Å². The van der Waals surface area contributed by atoms with Gasteiger partial charge in [0.15, 0.2) is 23.9 Å². The maximum absolute atomic E-state index is 7.40. The fourth-order valence-electron chi connectivity index (χ4n) is 12.6. The molecule has 1 saturated heterocycles. The Hall–Kier alpha value is -1.70. The molecule has 2 aromatic rings. The van der Waals surface area contributed by atoms with Gasteiger partial charge in [-0.2, -0.15) is 0 Å². The van der Waals surface area contributed by atoms with Crippen molar-refractivity contribution in [3.05, 3.63) is 57.6 Å². The number of hydrogen-bond acceptors (Lipinski definition) is 10. The van der Waals surface area contributed by atoms with E-state index in [1.165, 1.54) is 24.0 Å². The van der Waals surface area contributed by atoms with Gasteiger partial charge >= 0.3 is 21.8 Å². The molecule has 16 nitrogen and oxygen atoms in total. The summed E-state index contributed by atoms with van der Waals surface area (Å²) in [6, 6.07) is 9.10. The van der Waals surface area contributed by atoms with E-state index in [1.807, 2.05) is 0 Å². The number of hydrogen-bond donors (Lipinski definition) is 0. The average molecular weight is 1090 g/mol. The van der Waals surface area contributed by atoms with Crippen LogP contribution in [0.25, 0.3) is 0 Å². The SMILES string of the molecule is Cc1cc(C(C)CCCP(=N[P+](N(C)C)(N(C)C)N(C)C)(N(C)C)N(C)C)cc2c1OC13Oc4c(C)cc(C(C)CCCP(=N[P+](N(C)C)(N(C)C)N(C)C)(N(C)C)N(C)C)cc4C=[N+]1C1CCCCC1[N+]3=C2. The zero-order valence-electron chi connectivity index (χ0n) is 50.2. The average Bonchev–Trinajstić information content (AvgIpc) is 3.57. The normalized spacial score (nSPS) is 21.2. The van der Waals surface area contributed by atoms with E-state index in [9.17, 15) is 0 Å². The highest BCUT2D eigenvalue weighted by molar-refractivity contribution is 7.77. The number of benzene rings is 2. The van der Waals surface area contributed by atoms with E-state index in [1.54, 1.807) is 0 Å². The first-order valence-corrected chi connectivity index (χ1v) is 33.6. The summed E-state index contributed by atoms with van der Waals surface area (Å²) in [4.78, 5) is 0. The fraction of sp³-hybridized carbons (Fsp3) is 0.736. The Morgan fingerprint density at radius 2 is 0.822 bits per heavy atom. The number of fused-ring (bicyclic) bond motifs is 5. The second-order valence-electron chi connectivity index (χ2n) is 23.4. The molecule has 2 aromatic carbocycles. The van der Waals surface area contributed by atoms with Gasteiger partial charge in [0.25, 0.3) is 0 Å². The van der Waals surface area contributed by atoms with Crippen molar-refractivity contribution in [1.29, 1.82) is 0 Å². The van der Waals surface area contributed by atoms with E-state index in [2.05, 4.69) is 261 Å². The first-order chi connectivity index (χ1) is 34.0. The summed E-state index contributed by atoms with van der Waals surface area (Å²) in [5.41, 5.74) is 7.36. The lowest BCUT2D eigenvalue weighted by molar-refractivity contribution is -0.866. The van der Waals surface area contributed by atoms with Crippen LogP contribution < -0.4 is 9.47 Å². The minimum atomic E-state index is -2.12. The smallest absolute Gasteiger partial charge is 0.340 e. The topological polar surface area (TPSA) is 81.6 Å². The molecule has 3 aliphatic heterocycles. The molecule has 0 radical (unpaired) electrons. The van der Waals surface area contributed by atoms with Crippen molar-refractivity contribution in [2.45, 2.75) is 109 Å². The summed E-state index contributed by atoms with van der Waals surface area (Å²) >= 11 is 0. The van der Waals surface area contributed by atoms with Crippen LogP contribution in [0.4, 0.5) is 0 Å². The highest BCUT2D eigenvalue weighted by Crippen LogP contribution is 2.75. The van der Waals surface area contributed by atoms with Crippen molar-refractivity contribution in [2.24, 2.45) is 9.03 Å². The monoisotopic (exact) mass is 1090 g/mol. The maximum atomic E-state index is 7.40. The van der Waals surface area contributed by atoms with Crippen molar-refractivity contribution in [3.8, 4) is 11.5 Å². The Kier molecular flexibility index (Phi) is 19.3. The van der Waals surface area contributed by atoms with Gasteiger partial charge in [-0.25, -0.2) is 0 Å². The molecule has 1 aliphatic carbocycles. The molecule has 2 fully saturated rings. The summed E-state index contributed by atoms with van der Waals surface area (Å²) in [7, 11) is 35.6. The van der Waals surface area contributed by atoms with E-state index in [4.69, 9.17) is 18.5 Å². The molecule has 6 rings (SSSR count). The number of aryl methyl sites for hydroxylation is 2. The minimum absolute atomic E-state index is 0.294. The van der Waals surface area contributed by atoms with Gasteiger partial charge in [-0.15, -0.1) is 28.0 Å². The van der Waals surface area contributed by atoms with Gasteiger partial charge in [0, 0.05) is 110 Å². The number of ether oxygens (including phenoxy) is 2. The molecule has 1 saturated carbocycles. The predicted molar refractivity (Wildman–Crippen MR) is 318 cm³/mol. The summed E-state index contributed by atoms with van der Waals surface area (Å²) in [6.07, 6.45) is 15.8.